The van der Waals surface area contributed by atoms with Crippen LogP contribution in [0.5, 0.6) is 0 Å². The van der Waals surface area contributed by atoms with E-state index >= 15 is 0 Å². The minimum atomic E-state index is -4.38. The van der Waals surface area contributed by atoms with Gasteiger partial charge in [-0.1, -0.05) is 5.92 Å². The smallest absolute Gasteiger partial charge is 0.373 e. The van der Waals surface area contributed by atoms with Crippen molar-refractivity contribution in [3.8, 4) is 11.8 Å². The summed E-state index contributed by atoms with van der Waals surface area (Å²) in [5, 5.41) is 5.45. The number of hydrogen-bond acceptors (Lipinski definition) is 4. The fourth-order valence-electron chi connectivity index (χ4n) is 2.58. The van der Waals surface area contributed by atoms with Gasteiger partial charge >= 0.3 is 6.18 Å². The second-order valence-corrected chi connectivity index (χ2v) is 6.77. The Morgan fingerprint density at radius 1 is 1.31 bits per heavy atom. The van der Waals surface area contributed by atoms with Crippen LogP contribution in [0, 0.1) is 11.8 Å². The maximum atomic E-state index is 13.0. The molecule has 3 aromatic heterocycles. The second kappa shape index (κ2) is 8.53. The number of hydrogen-bond donors (Lipinski definition) is 2. The maximum Gasteiger partial charge on any atom is 0.394 e. The van der Waals surface area contributed by atoms with E-state index in [1.54, 1.807) is 24.3 Å². The van der Waals surface area contributed by atoms with Crippen molar-refractivity contribution in [1.29, 1.82) is 0 Å². The number of rotatable bonds is 4. The highest BCUT2D eigenvalue weighted by atomic mass is 79.9. The van der Waals surface area contributed by atoms with Crippen LogP contribution >= 0.6 is 15.9 Å². The molecule has 0 aliphatic rings. The highest BCUT2D eigenvalue weighted by Gasteiger charge is 2.31. The third kappa shape index (κ3) is 5.06. The first-order valence-electron chi connectivity index (χ1n) is 8.41. The molecule has 2 N–H and O–H groups in total. The topological polar surface area (TPSA) is 71.3 Å². The molecule has 0 fully saturated rings. The second-order valence-electron chi connectivity index (χ2n) is 5.92. The van der Waals surface area contributed by atoms with Crippen molar-refractivity contribution >= 4 is 33.2 Å². The first kappa shape index (κ1) is 20.7. The first-order chi connectivity index (χ1) is 13.8. The molecular formula is C19H15BrF3N5O. The van der Waals surface area contributed by atoms with Crippen molar-refractivity contribution in [1.82, 2.24) is 19.7 Å². The van der Waals surface area contributed by atoms with Crippen LogP contribution in [0.15, 0.2) is 41.1 Å². The summed E-state index contributed by atoms with van der Waals surface area (Å²) in [5.74, 6) is 5.19. The van der Waals surface area contributed by atoms with Gasteiger partial charge in [0.15, 0.2) is 5.65 Å². The summed E-state index contributed by atoms with van der Waals surface area (Å²) in [5.41, 5.74) is 1.33. The van der Waals surface area contributed by atoms with Crippen LogP contribution in [0.25, 0.3) is 5.65 Å². The van der Waals surface area contributed by atoms with Gasteiger partial charge in [-0.3, -0.25) is 4.79 Å². The molecule has 0 aliphatic heterocycles. The summed E-state index contributed by atoms with van der Waals surface area (Å²) in [6, 6.07) is 6.55. The van der Waals surface area contributed by atoms with Crippen molar-refractivity contribution in [3.63, 3.8) is 0 Å². The Labute approximate surface area is 172 Å². The maximum absolute atomic E-state index is 13.0. The van der Waals surface area contributed by atoms with E-state index in [-0.39, 0.29) is 29.5 Å². The highest BCUT2D eigenvalue weighted by molar-refractivity contribution is 9.10. The Kier molecular flexibility index (Phi) is 6.08. The molecule has 0 unspecified atom stereocenters. The molecule has 150 valence electrons. The van der Waals surface area contributed by atoms with Gasteiger partial charge in [0.05, 0.1) is 35.0 Å². The molecule has 0 radical (unpaired) electrons. The van der Waals surface area contributed by atoms with Crippen LogP contribution in [-0.2, 0) is 6.42 Å². The zero-order valence-corrected chi connectivity index (χ0v) is 16.7. The average Bonchev–Trinajstić information content (AvgIpc) is 3.02. The highest BCUT2D eigenvalue weighted by Crippen LogP contribution is 2.26. The Hall–Kier alpha value is -3.06. The van der Waals surface area contributed by atoms with Crippen LogP contribution in [0.4, 0.5) is 18.9 Å². The minimum Gasteiger partial charge on any atom is -0.373 e. The van der Waals surface area contributed by atoms with E-state index < -0.39 is 12.6 Å². The Bertz CT molecular complexity index is 1100. The van der Waals surface area contributed by atoms with Gasteiger partial charge in [-0.2, -0.15) is 13.2 Å². The number of nitrogens with zero attached hydrogens (tertiary/aromatic N) is 3. The molecule has 0 atom stereocenters. The van der Waals surface area contributed by atoms with Gasteiger partial charge in [-0.15, -0.1) is 0 Å². The molecule has 0 saturated carbocycles. The molecule has 0 saturated heterocycles. The van der Waals surface area contributed by atoms with Gasteiger partial charge in [0.25, 0.3) is 5.91 Å². The van der Waals surface area contributed by atoms with Crippen LogP contribution in [0.1, 0.15) is 21.9 Å². The summed E-state index contributed by atoms with van der Waals surface area (Å²) in [6.45, 7) is 0.168. The quantitative estimate of drug-likeness (QED) is 0.579. The molecule has 3 rings (SSSR count). The van der Waals surface area contributed by atoms with E-state index in [2.05, 4.69) is 48.4 Å². The summed E-state index contributed by atoms with van der Waals surface area (Å²) in [4.78, 5) is 19.7. The standard InChI is InChI=1S/C19H15BrF3N5O/c1-24-18(29)15-7-6-12(11-26-15)25-8-2-5-14-16(10-19(21,22)23)28-9-3-4-13(20)17(28)27-14/h3-4,6-7,9,11,25H,8,10H2,1H3,(H,24,29). The van der Waals surface area contributed by atoms with Gasteiger partial charge in [0.1, 0.15) is 11.4 Å². The molecule has 0 spiro atoms. The average molecular weight is 466 g/mol. The number of amides is 1. The van der Waals surface area contributed by atoms with E-state index in [1.807, 2.05) is 0 Å². The van der Waals surface area contributed by atoms with Gasteiger partial charge in [0, 0.05) is 13.2 Å². The SMILES string of the molecule is CNC(=O)c1ccc(NCC#Cc2nc3c(Br)cccn3c2CC(F)(F)F)cn1. The van der Waals surface area contributed by atoms with Gasteiger partial charge in [-0.05, 0) is 46.1 Å². The van der Waals surface area contributed by atoms with Crippen LogP contribution < -0.4 is 10.6 Å². The van der Waals surface area contributed by atoms with Crippen molar-refractivity contribution in [2.24, 2.45) is 0 Å². The molecule has 0 bridgehead atoms. The van der Waals surface area contributed by atoms with E-state index in [0.717, 1.165) is 0 Å². The number of pyridine rings is 2. The third-order valence-electron chi connectivity index (χ3n) is 3.88. The lowest BCUT2D eigenvalue weighted by atomic mass is 10.2. The number of imidazole rings is 1. The van der Waals surface area contributed by atoms with E-state index in [1.165, 1.54) is 23.8 Å². The molecule has 6 nitrogen and oxygen atoms in total. The molecule has 0 aromatic carbocycles. The molecule has 1 amide bonds. The van der Waals surface area contributed by atoms with E-state index in [4.69, 9.17) is 0 Å². The lowest BCUT2D eigenvalue weighted by Crippen LogP contribution is -2.19. The number of fused-ring (bicyclic) bond motifs is 1. The van der Waals surface area contributed by atoms with Crippen molar-refractivity contribution in [2.75, 3.05) is 18.9 Å². The van der Waals surface area contributed by atoms with Crippen LogP contribution in [-0.4, -0.2) is 40.0 Å². The lowest BCUT2D eigenvalue weighted by Gasteiger charge is -2.06. The molecule has 3 aromatic rings. The van der Waals surface area contributed by atoms with Gasteiger partial charge in [0.2, 0.25) is 0 Å². The number of halogens is 4. The first-order valence-corrected chi connectivity index (χ1v) is 9.21. The number of nitrogens with one attached hydrogen (secondary N) is 2. The van der Waals surface area contributed by atoms with Crippen molar-refractivity contribution in [3.05, 3.63) is 58.2 Å². The number of anilines is 1. The van der Waals surface area contributed by atoms with Gasteiger partial charge in [-0.25, -0.2) is 9.97 Å². The summed E-state index contributed by atoms with van der Waals surface area (Å²) in [7, 11) is 1.51. The zero-order chi connectivity index (χ0) is 21.0. The molecule has 0 aliphatic carbocycles. The predicted octanol–water partition coefficient (Wildman–Crippen LogP) is 3.42. The fourth-order valence-corrected chi connectivity index (χ4v) is 3.01. The van der Waals surface area contributed by atoms with Crippen LogP contribution in [0.2, 0.25) is 0 Å². The molecule has 10 heteroatoms. The Balaban J connectivity index is 1.78. The van der Waals surface area contributed by atoms with Gasteiger partial charge < -0.3 is 15.0 Å². The number of aromatic nitrogens is 3. The van der Waals surface area contributed by atoms with Crippen molar-refractivity contribution in [2.45, 2.75) is 12.6 Å². The normalized spacial score (nSPS) is 11.1. The Morgan fingerprint density at radius 3 is 2.76 bits per heavy atom. The van der Waals surface area contributed by atoms with Crippen LogP contribution in [0.3, 0.4) is 0 Å². The largest absolute Gasteiger partial charge is 0.394 e. The Morgan fingerprint density at radius 2 is 2.10 bits per heavy atom. The predicted molar refractivity (Wildman–Crippen MR) is 106 cm³/mol. The third-order valence-corrected chi connectivity index (χ3v) is 4.50. The minimum absolute atomic E-state index is 0.0158. The van der Waals surface area contributed by atoms with E-state index in [0.29, 0.717) is 15.8 Å². The molecular weight excluding hydrogens is 451 g/mol. The van der Waals surface area contributed by atoms with E-state index in [9.17, 15) is 18.0 Å². The van der Waals surface area contributed by atoms with Crippen molar-refractivity contribution < 1.29 is 18.0 Å². The summed E-state index contributed by atoms with van der Waals surface area (Å²) >= 11 is 3.30. The number of carbonyl (C=O) groups excluding carboxylic acids is 1. The number of alkyl halides is 3. The zero-order valence-electron chi connectivity index (χ0n) is 15.1. The lowest BCUT2D eigenvalue weighted by molar-refractivity contribution is -0.128. The molecule has 29 heavy (non-hydrogen) atoms. The molecule has 3 heterocycles. The monoisotopic (exact) mass is 465 g/mol. The summed E-state index contributed by atoms with van der Waals surface area (Å²) in [6.07, 6.45) is -2.52. The fraction of sp³-hybridized carbons (Fsp3) is 0.211. The summed E-state index contributed by atoms with van der Waals surface area (Å²) < 4.78 is 41.0. The number of carbonyl (C=O) groups is 1.